The summed E-state index contributed by atoms with van der Waals surface area (Å²) >= 11 is 3.27. The Labute approximate surface area is 69.4 Å². The van der Waals surface area contributed by atoms with Crippen molar-refractivity contribution in [3.8, 4) is 0 Å². The van der Waals surface area contributed by atoms with Gasteiger partial charge in [0.25, 0.3) is 0 Å². The average molecular weight is 204 g/mol. The Morgan fingerprint density at radius 3 is 2.80 bits per heavy atom. The van der Waals surface area contributed by atoms with Gasteiger partial charge in [-0.3, -0.25) is 4.99 Å². The van der Waals surface area contributed by atoms with Crippen molar-refractivity contribution < 1.29 is 4.74 Å². The van der Waals surface area contributed by atoms with E-state index in [0.717, 1.165) is 4.48 Å². The second-order valence-corrected chi connectivity index (χ2v) is 2.39. The number of hydrogen-bond donors (Lipinski definition) is 0. The highest BCUT2D eigenvalue weighted by Gasteiger charge is 1.76. The van der Waals surface area contributed by atoms with Crippen molar-refractivity contribution in [2.24, 2.45) is 4.99 Å². The van der Waals surface area contributed by atoms with Crippen molar-refractivity contribution in [1.82, 2.24) is 0 Å². The van der Waals surface area contributed by atoms with Crippen LogP contribution in [0.2, 0.25) is 0 Å². The molecule has 56 valence electrons. The summed E-state index contributed by atoms with van der Waals surface area (Å²) in [6.07, 6.45) is 6.68. The molecule has 0 aliphatic carbocycles. The van der Waals surface area contributed by atoms with Crippen molar-refractivity contribution in [1.29, 1.82) is 0 Å². The molecule has 0 rings (SSSR count). The Morgan fingerprint density at radius 2 is 2.30 bits per heavy atom. The third kappa shape index (κ3) is 5.56. The van der Waals surface area contributed by atoms with Crippen LogP contribution >= 0.6 is 15.9 Å². The number of aliphatic imine (C=N–C) groups is 1. The van der Waals surface area contributed by atoms with Crippen LogP contribution in [0.25, 0.3) is 0 Å². The minimum atomic E-state index is 0.952. The predicted molar refractivity (Wildman–Crippen MR) is 47.3 cm³/mol. The van der Waals surface area contributed by atoms with E-state index in [4.69, 9.17) is 0 Å². The Bertz CT molecular complexity index is 161. The lowest BCUT2D eigenvalue weighted by atomic mass is 10.6. The van der Waals surface area contributed by atoms with Gasteiger partial charge in [-0.25, -0.2) is 0 Å². The highest BCUT2D eigenvalue weighted by atomic mass is 79.9. The monoisotopic (exact) mass is 203 g/mol. The van der Waals surface area contributed by atoms with Crippen molar-refractivity contribution in [2.45, 2.75) is 6.92 Å². The van der Waals surface area contributed by atoms with Gasteiger partial charge >= 0.3 is 0 Å². The molecular weight excluding hydrogens is 194 g/mol. The number of ether oxygens (including phenoxy) is 1. The van der Waals surface area contributed by atoms with Gasteiger partial charge in [0, 0.05) is 10.7 Å². The number of nitrogens with zero attached hydrogens (tertiary/aromatic N) is 1. The standard InChI is InChI=1S/C7H10BrNO/c1-3-7(8)6-9-4-5-10-2/h3-6H,1-2H3/b5-4+,7-3+,9-6-. The van der Waals surface area contributed by atoms with Crippen molar-refractivity contribution in [3.05, 3.63) is 23.0 Å². The minimum absolute atomic E-state index is 0.952. The fourth-order valence-electron chi connectivity index (χ4n) is 0.285. The smallest absolute Gasteiger partial charge is 0.101 e. The molecule has 0 N–H and O–H groups in total. The van der Waals surface area contributed by atoms with E-state index >= 15 is 0 Å². The summed E-state index contributed by atoms with van der Waals surface area (Å²) in [5.41, 5.74) is 0. The molecule has 0 heterocycles. The zero-order chi connectivity index (χ0) is 7.82. The predicted octanol–water partition coefficient (Wildman–Crippen LogP) is 2.47. The molecule has 0 atom stereocenters. The van der Waals surface area contributed by atoms with Gasteiger partial charge in [0.1, 0.15) is 6.26 Å². The lowest BCUT2D eigenvalue weighted by Crippen LogP contribution is -1.69. The van der Waals surface area contributed by atoms with Crippen LogP contribution in [0.15, 0.2) is 28.0 Å². The van der Waals surface area contributed by atoms with Crippen LogP contribution in [0.1, 0.15) is 6.92 Å². The number of hydrogen-bond acceptors (Lipinski definition) is 2. The van der Waals surface area contributed by atoms with E-state index < -0.39 is 0 Å². The van der Waals surface area contributed by atoms with Crippen LogP contribution in [0.5, 0.6) is 0 Å². The highest BCUT2D eigenvalue weighted by molar-refractivity contribution is 9.12. The van der Waals surface area contributed by atoms with E-state index in [0.29, 0.717) is 0 Å². The molecule has 0 unspecified atom stereocenters. The summed E-state index contributed by atoms with van der Waals surface area (Å²) in [6, 6.07) is 0. The Hall–Kier alpha value is -0.570. The number of methoxy groups -OCH3 is 1. The number of rotatable bonds is 3. The first kappa shape index (κ1) is 9.43. The van der Waals surface area contributed by atoms with E-state index in [1.807, 2.05) is 13.0 Å². The normalized spacial score (nSPS) is 13.3. The molecule has 0 fully saturated rings. The Morgan fingerprint density at radius 1 is 1.60 bits per heavy atom. The first-order valence-electron chi connectivity index (χ1n) is 2.84. The topological polar surface area (TPSA) is 21.6 Å². The second kappa shape index (κ2) is 6.55. The van der Waals surface area contributed by atoms with Gasteiger partial charge in [0.15, 0.2) is 0 Å². The lowest BCUT2D eigenvalue weighted by Gasteiger charge is -1.82. The summed E-state index contributed by atoms with van der Waals surface area (Å²) in [7, 11) is 1.58. The van der Waals surface area contributed by atoms with Crippen molar-refractivity contribution in [2.75, 3.05) is 7.11 Å². The zero-order valence-electron chi connectivity index (χ0n) is 6.04. The molecule has 0 aliphatic heterocycles. The first-order valence-corrected chi connectivity index (χ1v) is 3.63. The molecule has 0 aromatic heterocycles. The molecule has 0 amide bonds. The molecule has 2 nitrogen and oxygen atoms in total. The van der Waals surface area contributed by atoms with E-state index in [1.54, 1.807) is 19.5 Å². The summed E-state index contributed by atoms with van der Waals surface area (Å²) in [5.74, 6) is 0. The van der Waals surface area contributed by atoms with Crippen LogP contribution in [0.3, 0.4) is 0 Å². The maximum atomic E-state index is 4.63. The number of halogens is 1. The molecule has 0 radical (unpaired) electrons. The molecule has 0 aromatic carbocycles. The maximum absolute atomic E-state index is 4.63. The summed E-state index contributed by atoms with van der Waals surface area (Å²) in [6.45, 7) is 1.93. The fourth-order valence-corrected chi connectivity index (χ4v) is 0.403. The van der Waals surface area contributed by atoms with E-state index in [1.165, 1.54) is 6.26 Å². The molecular formula is C7H10BrNO. The van der Waals surface area contributed by atoms with Gasteiger partial charge in [-0.2, -0.15) is 0 Å². The van der Waals surface area contributed by atoms with Crippen molar-refractivity contribution in [3.63, 3.8) is 0 Å². The highest BCUT2D eigenvalue weighted by Crippen LogP contribution is 1.98. The minimum Gasteiger partial charge on any atom is -0.503 e. The average Bonchev–Trinajstić information content (AvgIpc) is 1.98. The largest absolute Gasteiger partial charge is 0.503 e. The second-order valence-electron chi connectivity index (χ2n) is 1.47. The zero-order valence-corrected chi connectivity index (χ0v) is 7.63. The molecule has 0 bridgehead atoms. The Balaban J connectivity index is 3.66. The quantitative estimate of drug-likeness (QED) is 0.511. The van der Waals surface area contributed by atoms with Crippen molar-refractivity contribution >= 4 is 22.1 Å². The van der Waals surface area contributed by atoms with Crippen LogP contribution in [0, 0.1) is 0 Å². The summed E-state index contributed by atoms with van der Waals surface area (Å²) in [4.78, 5) is 3.89. The molecule has 0 aromatic rings. The van der Waals surface area contributed by atoms with Gasteiger partial charge in [-0.15, -0.1) is 0 Å². The molecule has 0 spiro atoms. The fraction of sp³-hybridized carbons (Fsp3) is 0.286. The molecule has 0 saturated heterocycles. The third-order valence-electron chi connectivity index (χ3n) is 0.757. The van der Waals surface area contributed by atoms with Crippen LogP contribution in [-0.4, -0.2) is 13.3 Å². The van der Waals surface area contributed by atoms with Gasteiger partial charge in [-0.1, -0.05) is 6.08 Å². The molecule has 10 heavy (non-hydrogen) atoms. The third-order valence-corrected chi connectivity index (χ3v) is 1.42. The van der Waals surface area contributed by atoms with E-state index in [9.17, 15) is 0 Å². The van der Waals surface area contributed by atoms with Gasteiger partial charge in [0.05, 0.1) is 13.3 Å². The van der Waals surface area contributed by atoms with Gasteiger partial charge < -0.3 is 4.74 Å². The summed E-state index contributed by atoms with van der Waals surface area (Å²) in [5, 5.41) is 0. The Kier molecular flexibility index (Phi) is 6.18. The maximum Gasteiger partial charge on any atom is 0.101 e. The molecule has 3 heteroatoms. The number of allylic oxidation sites excluding steroid dienone is 2. The van der Waals surface area contributed by atoms with Crippen LogP contribution < -0.4 is 0 Å². The van der Waals surface area contributed by atoms with E-state index in [-0.39, 0.29) is 0 Å². The SMILES string of the molecule is C\C=C(Br)/C=N\C=C\OC. The van der Waals surface area contributed by atoms with Gasteiger partial charge in [0.2, 0.25) is 0 Å². The van der Waals surface area contributed by atoms with Gasteiger partial charge in [-0.05, 0) is 22.9 Å². The molecule has 0 saturated carbocycles. The molecule has 0 aliphatic rings. The van der Waals surface area contributed by atoms with E-state index in [2.05, 4.69) is 25.7 Å². The van der Waals surface area contributed by atoms with Crippen LogP contribution in [-0.2, 0) is 4.74 Å². The summed E-state index contributed by atoms with van der Waals surface area (Å²) < 4.78 is 5.58. The van der Waals surface area contributed by atoms with Crippen LogP contribution in [0.4, 0.5) is 0 Å². The first-order chi connectivity index (χ1) is 4.81. The lowest BCUT2D eigenvalue weighted by molar-refractivity contribution is 0.337.